The number of hydrogen-bond acceptors (Lipinski definition) is 6. The molecule has 110 valence electrons. The second-order valence-electron chi connectivity index (χ2n) is 5.16. The molecule has 2 rings (SSSR count). The quantitative estimate of drug-likeness (QED) is 0.781. The third-order valence-electron chi connectivity index (χ3n) is 3.25. The largest absolute Gasteiger partial charge is 0.488 e. The Bertz CT molecular complexity index is 451. The number of carbonyl (C=O) groups is 2. The van der Waals surface area contributed by atoms with Crippen molar-refractivity contribution in [1.29, 1.82) is 0 Å². The minimum absolute atomic E-state index is 0.102. The number of carbonyl (C=O) groups excluding carboxylic acids is 2. The fourth-order valence-corrected chi connectivity index (χ4v) is 2.67. The van der Waals surface area contributed by atoms with Crippen molar-refractivity contribution in [1.82, 2.24) is 0 Å². The van der Waals surface area contributed by atoms with E-state index in [1.54, 1.807) is 6.92 Å². The highest BCUT2D eigenvalue weighted by atomic mass is 32.1. The summed E-state index contributed by atoms with van der Waals surface area (Å²) >= 11 is 1.51. The minimum Gasteiger partial charge on any atom is -0.488 e. The number of rotatable bonds is 5. The molecule has 0 radical (unpaired) electrons. The smallest absolute Gasteiger partial charge is 0.302 e. The van der Waals surface area contributed by atoms with E-state index in [0.29, 0.717) is 37.6 Å². The molecular weight excluding hydrogens is 280 g/mol. The van der Waals surface area contributed by atoms with Gasteiger partial charge in [-0.25, -0.2) is 0 Å². The van der Waals surface area contributed by atoms with E-state index >= 15 is 0 Å². The Morgan fingerprint density at radius 1 is 1.25 bits per heavy atom. The molecule has 0 atom stereocenters. The van der Waals surface area contributed by atoms with Crippen LogP contribution in [0.3, 0.4) is 0 Å². The average molecular weight is 298 g/mol. The van der Waals surface area contributed by atoms with Crippen molar-refractivity contribution in [2.75, 3.05) is 19.8 Å². The third kappa shape index (κ3) is 3.72. The number of Topliss-reactive ketones (excluding diaryl/α,β-unsaturated/α-hetero) is 1. The predicted octanol–water partition coefficient (Wildman–Crippen LogP) is 2.44. The maximum Gasteiger partial charge on any atom is 0.302 e. The van der Waals surface area contributed by atoms with Crippen LogP contribution in [0.15, 0.2) is 10.8 Å². The van der Waals surface area contributed by atoms with Gasteiger partial charge in [0.25, 0.3) is 0 Å². The number of hydrogen-bond donors (Lipinski definition) is 0. The van der Waals surface area contributed by atoms with Gasteiger partial charge < -0.3 is 19.0 Å². The van der Waals surface area contributed by atoms with Crippen LogP contribution in [0.5, 0.6) is 11.5 Å². The summed E-state index contributed by atoms with van der Waals surface area (Å²) in [6, 6.07) is 0. The van der Waals surface area contributed by atoms with Crippen LogP contribution < -0.4 is 9.47 Å². The monoisotopic (exact) mass is 298 g/mol. The zero-order valence-corrected chi connectivity index (χ0v) is 12.5. The Balaban J connectivity index is 2.08. The summed E-state index contributed by atoms with van der Waals surface area (Å²) < 4.78 is 16.6. The highest BCUT2D eigenvalue weighted by Gasteiger charge is 2.37. The highest BCUT2D eigenvalue weighted by Crippen LogP contribution is 2.38. The van der Waals surface area contributed by atoms with Crippen molar-refractivity contribution in [3.63, 3.8) is 0 Å². The van der Waals surface area contributed by atoms with Crippen LogP contribution in [-0.4, -0.2) is 31.6 Å². The second-order valence-corrected chi connectivity index (χ2v) is 5.90. The number of thiophene rings is 1. The first-order valence-corrected chi connectivity index (χ1v) is 7.40. The van der Waals surface area contributed by atoms with Crippen molar-refractivity contribution in [3.05, 3.63) is 10.8 Å². The van der Waals surface area contributed by atoms with Gasteiger partial charge in [0.1, 0.15) is 25.6 Å². The molecule has 1 aromatic rings. The summed E-state index contributed by atoms with van der Waals surface area (Å²) in [6.45, 7) is 3.86. The lowest BCUT2D eigenvalue weighted by atomic mass is 9.85. The molecule has 0 saturated carbocycles. The van der Waals surface area contributed by atoms with Gasteiger partial charge in [-0.3, -0.25) is 4.79 Å². The molecular formula is C14H18O5S. The van der Waals surface area contributed by atoms with Crippen molar-refractivity contribution < 1.29 is 23.8 Å². The van der Waals surface area contributed by atoms with Crippen LogP contribution in [-0.2, 0) is 14.3 Å². The van der Waals surface area contributed by atoms with Gasteiger partial charge in [0.2, 0.25) is 0 Å². The number of ether oxygens (including phenoxy) is 3. The van der Waals surface area contributed by atoms with Crippen LogP contribution in [0, 0.1) is 5.41 Å². The molecule has 0 amide bonds. The van der Waals surface area contributed by atoms with E-state index in [1.165, 1.54) is 18.3 Å². The summed E-state index contributed by atoms with van der Waals surface area (Å²) in [4.78, 5) is 22.3. The molecule has 1 aromatic heterocycles. The lowest BCUT2D eigenvalue weighted by Gasteiger charge is -2.30. The second kappa shape index (κ2) is 6.26. The zero-order chi connectivity index (χ0) is 14.6. The Labute approximate surface area is 121 Å². The Kier molecular flexibility index (Phi) is 4.65. The Hall–Kier alpha value is -1.56. The van der Waals surface area contributed by atoms with Gasteiger partial charge in [-0.2, -0.15) is 0 Å². The zero-order valence-electron chi connectivity index (χ0n) is 11.6. The molecule has 5 nitrogen and oxygen atoms in total. The number of fused-ring (bicyclic) bond motifs is 1. The van der Waals surface area contributed by atoms with Crippen LogP contribution in [0.25, 0.3) is 0 Å². The normalized spacial score (nSPS) is 16.3. The van der Waals surface area contributed by atoms with Gasteiger partial charge in [-0.05, 0) is 13.3 Å². The molecule has 0 bridgehead atoms. The van der Waals surface area contributed by atoms with Crippen LogP contribution in [0.2, 0.25) is 0 Å². The number of esters is 1. The molecule has 0 saturated heterocycles. The van der Waals surface area contributed by atoms with E-state index in [0.717, 1.165) is 0 Å². The SMILES string of the molecule is CC(=O)CCC1(COC(C)=O)COc2cscc2OC1. The van der Waals surface area contributed by atoms with Crippen molar-refractivity contribution >= 4 is 23.1 Å². The molecule has 0 N–H and O–H groups in total. The van der Waals surface area contributed by atoms with Gasteiger partial charge in [-0.15, -0.1) is 11.3 Å². The molecule has 0 unspecified atom stereocenters. The first-order chi connectivity index (χ1) is 9.51. The number of ketones is 1. The van der Waals surface area contributed by atoms with E-state index in [9.17, 15) is 9.59 Å². The Morgan fingerprint density at radius 3 is 2.35 bits per heavy atom. The average Bonchev–Trinajstić information content (AvgIpc) is 2.78. The Morgan fingerprint density at radius 2 is 1.85 bits per heavy atom. The van der Waals surface area contributed by atoms with Gasteiger partial charge in [-0.1, -0.05) is 0 Å². The predicted molar refractivity (Wildman–Crippen MR) is 74.3 cm³/mol. The lowest BCUT2D eigenvalue weighted by molar-refractivity contribution is -0.146. The minimum atomic E-state index is -0.478. The van der Waals surface area contributed by atoms with Crippen molar-refractivity contribution in [2.24, 2.45) is 5.41 Å². The maximum absolute atomic E-state index is 11.2. The van der Waals surface area contributed by atoms with Gasteiger partial charge in [0, 0.05) is 24.1 Å². The molecule has 1 aliphatic heterocycles. The first-order valence-electron chi connectivity index (χ1n) is 6.45. The molecule has 0 aliphatic carbocycles. The van der Waals surface area contributed by atoms with Gasteiger partial charge in [0.15, 0.2) is 11.5 Å². The van der Waals surface area contributed by atoms with E-state index < -0.39 is 5.41 Å². The fraction of sp³-hybridized carbons (Fsp3) is 0.571. The van der Waals surface area contributed by atoms with Crippen LogP contribution in [0.4, 0.5) is 0 Å². The molecule has 1 aliphatic rings. The van der Waals surface area contributed by atoms with Crippen molar-refractivity contribution in [3.8, 4) is 11.5 Å². The fourth-order valence-electron chi connectivity index (χ4n) is 1.98. The third-order valence-corrected chi connectivity index (χ3v) is 3.95. The van der Waals surface area contributed by atoms with E-state index in [2.05, 4.69) is 0 Å². The summed E-state index contributed by atoms with van der Waals surface area (Å²) in [5.74, 6) is 1.18. The standard InChI is InChI=1S/C14H18O5S/c1-10(15)3-4-14(7-17-11(2)16)8-18-12-5-20-6-13(12)19-9-14/h5-6H,3-4,7-9H2,1-2H3. The summed E-state index contributed by atoms with van der Waals surface area (Å²) in [6.07, 6.45) is 0.990. The highest BCUT2D eigenvalue weighted by molar-refractivity contribution is 7.08. The summed E-state index contributed by atoms with van der Waals surface area (Å²) in [5.41, 5.74) is -0.478. The molecule has 2 heterocycles. The topological polar surface area (TPSA) is 61.8 Å². The summed E-state index contributed by atoms with van der Waals surface area (Å²) in [7, 11) is 0. The summed E-state index contributed by atoms with van der Waals surface area (Å²) in [5, 5.41) is 3.75. The molecule has 6 heteroatoms. The van der Waals surface area contributed by atoms with Crippen LogP contribution in [0.1, 0.15) is 26.7 Å². The first kappa shape index (κ1) is 14.8. The van der Waals surface area contributed by atoms with Crippen molar-refractivity contribution in [2.45, 2.75) is 26.7 Å². The lowest BCUT2D eigenvalue weighted by Crippen LogP contribution is -2.39. The van der Waals surface area contributed by atoms with E-state index in [1.807, 2.05) is 10.8 Å². The molecule has 0 aromatic carbocycles. The van der Waals surface area contributed by atoms with E-state index in [-0.39, 0.29) is 18.4 Å². The van der Waals surface area contributed by atoms with Crippen LogP contribution >= 0.6 is 11.3 Å². The van der Waals surface area contributed by atoms with Gasteiger partial charge >= 0.3 is 5.97 Å². The maximum atomic E-state index is 11.2. The van der Waals surface area contributed by atoms with E-state index in [4.69, 9.17) is 14.2 Å². The molecule has 0 fully saturated rings. The molecule has 20 heavy (non-hydrogen) atoms. The molecule has 0 spiro atoms. The van der Waals surface area contributed by atoms with Gasteiger partial charge in [0.05, 0.1) is 5.41 Å².